The van der Waals surface area contributed by atoms with Crippen molar-refractivity contribution >= 4 is 46.2 Å². The topological polar surface area (TPSA) is 90.5 Å². The normalized spacial score (nSPS) is 17.4. The van der Waals surface area contributed by atoms with Crippen molar-refractivity contribution in [1.29, 1.82) is 0 Å². The lowest BCUT2D eigenvalue weighted by atomic mass is 9.97. The number of carbonyl (C=O) groups is 2. The van der Waals surface area contributed by atoms with E-state index in [0.29, 0.717) is 31.3 Å². The van der Waals surface area contributed by atoms with E-state index in [4.69, 9.17) is 22.1 Å². The minimum absolute atomic E-state index is 0.00525. The van der Waals surface area contributed by atoms with Gasteiger partial charge in [0.15, 0.2) is 5.16 Å². The summed E-state index contributed by atoms with van der Waals surface area (Å²) in [5, 5.41) is 1.37. The smallest absolute Gasteiger partial charge is 0.233 e. The molecule has 0 radical (unpaired) electrons. The lowest BCUT2D eigenvalue weighted by Crippen LogP contribution is -2.44. The molecule has 9 heteroatoms. The Morgan fingerprint density at radius 3 is 3.00 bits per heavy atom. The molecule has 2 heterocycles. The highest BCUT2D eigenvalue weighted by molar-refractivity contribution is 7.99. The summed E-state index contributed by atoms with van der Waals surface area (Å²) < 4.78 is 7.23. The van der Waals surface area contributed by atoms with E-state index >= 15 is 0 Å². The average molecular weight is 411 g/mol. The Hall–Kier alpha value is -1.77. The number of thioether (sulfide) groups is 1. The molecule has 2 aromatic rings. The molecule has 1 atom stereocenters. The molecule has 2 amide bonds. The molecule has 0 bridgehead atoms. The Kier molecular flexibility index (Phi) is 6.62. The van der Waals surface area contributed by atoms with Gasteiger partial charge in [-0.15, -0.1) is 0 Å². The second-order valence-corrected chi connectivity index (χ2v) is 7.92. The number of benzene rings is 1. The summed E-state index contributed by atoms with van der Waals surface area (Å²) in [5.74, 6) is -0.330. The number of likely N-dealkylation sites (tertiary alicyclic amines) is 1. The molecule has 3 rings (SSSR count). The third kappa shape index (κ3) is 4.75. The highest BCUT2D eigenvalue weighted by Crippen LogP contribution is 2.27. The summed E-state index contributed by atoms with van der Waals surface area (Å²) in [6, 6.07) is 5.56. The molecule has 1 aliphatic rings. The van der Waals surface area contributed by atoms with Gasteiger partial charge >= 0.3 is 0 Å². The SMILES string of the molecule is COCCn1c(SCC(=O)N2CCCC(C(N)=O)C2)nc2cc(Cl)ccc21. The molecule has 1 aromatic heterocycles. The third-order valence-corrected chi connectivity index (χ3v) is 5.89. The Balaban J connectivity index is 1.72. The number of methoxy groups -OCH3 is 1. The number of ether oxygens (including phenoxy) is 1. The molecular weight excluding hydrogens is 388 g/mol. The number of rotatable bonds is 7. The van der Waals surface area contributed by atoms with Gasteiger partial charge in [-0.05, 0) is 31.0 Å². The van der Waals surface area contributed by atoms with Crippen molar-refractivity contribution in [2.75, 3.05) is 32.6 Å². The van der Waals surface area contributed by atoms with Gasteiger partial charge in [0, 0.05) is 31.8 Å². The van der Waals surface area contributed by atoms with Crippen LogP contribution >= 0.6 is 23.4 Å². The van der Waals surface area contributed by atoms with Crippen LogP contribution in [0.1, 0.15) is 12.8 Å². The zero-order valence-corrected chi connectivity index (χ0v) is 16.8. The molecule has 1 aliphatic heterocycles. The minimum atomic E-state index is -0.335. The van der Waals surface area contributed by atoms with Crippen LogP contribution in [-0.4, -0.2) is 58.8 Å². The number of fused-ring (bicyclic) bond motifs is 1. The van der Waals surface area contributed by atoms with Crippen LogP contribution in [0, 0.1) is 5.92 Å². The van der Waals surface area contributed by atoms with E-state index in [1.807, 2.05) is 22.8 Å². The monoisotopic (exact) mass is 410 g/mol. The number of primary amides is 1. The molecule has 1 fully saturated rings. The standard InChI is InChI=1S/C18H23ClN4O3S/c1-26-8-7-23-15-5-4-13(19)9-14(15)21-18(23)27-11-16(24)22-6-2-3-12(10-22)17(20)25/h4-5,9,12H,2-3,6-8,10-11H2,1H3,(H2,20,25). The number of carbonyl (C=O) groups excluding carboxylic acids is 2. The summed E-state index contributed by atoms with van der Waals surface area (Å²) in [4.78, 5) is 30.4. The van der Waals surface area contributed by atoms with Gasteiger partial charge < -0.3 is 19.9 Å². The first-order valence-electron chi connectivity index (χ1n) is 8.84. The molecule has 0 spiro atoms. The largest absolute Gasteiger partial charge is 0.383 e. The van der Waals surface area contributed by atoms with Crippen LogP contribution in [0.2, 0.25) is 5.02 Å². The second-order valence-electron chi connectivity index (χ2n) is 6.54. The Morgan fingerprint density at radius 1 is 1.44 bits per heavy atom. The lowest BCUT2D eigenvalue weighted by molar-refractivity contribution is -0.132. The van der Waals surface area contributed by atoms with E-state index in [9.17, 15) is 9.59 Å². The van der Waals surface area contributed by atoms with Crippen molar-refractivity contribution in [3.8, 4) is 0 Å². The number of amides is 2. The van der Waals surface area contributed by atoms with Crippen LogP contribution in [-0.2, 0) is 20.9 Å². The first kappa shape index (κ1) is 20.0. The molecule has 1 saturated heterocycles. The maximum absolute atomic E-state index is 12.6. The number of imidazole rings is 1. The van der Waals surface area contributed by atoms with Crippen molar-refractivity contribution in [3.05, 3.63) is 23.2 Å². The number of hydrogen-bond acceptors (Lipinski definition) is 5. The van der Waals surface area contributed by atoms with E-state index in [-0.39, 0.29) is 23.5 Å². The summed E-state index contributed by atoms with van der Waals surface area (Å²) in [6.45, 7) is 2.25. The fraction of sp³-hybridized carbons (Fsp3) is 0.500. The molecule has 7 nitrogen and oxygen atoms in total. The number of hydrogen-bond donors (Lipinski definition) is 1. The van der Waals surface area contributed by atoms with E-state index < -0.39 is 0 Å². The Bertz CT molecular complexity index is 841. The van der Waals surface area contributed by atoms with Crippen LogP contribution in [0.4, 0.5) is 0 Å². The second kappa shape index (κ2) is 8.95. The zero-order valence-electron chi connectivity index (χ0n) is 15.2. The van der Waals surface area contributed by atoms with Crippen molar-refractivity contribution in [2.24, 2.45) is 11.7 Å². The van der Waals surface area contributed by atoms with E-state index in [2.05, 4.69) is 4.98 Å². The van der Waals surface area contributed by atoms with Gasteiger partial charge in [0.05, 0.1) is 29.3 Å². The Morgan fingerprint density at radius 2 is 2.26 bits per heavy atom. The van der Waals surface area contributed by atoms with Gasteiger partial charge in [-0.25, -0.2) is 4.98 Å². The van der Waals surface area contributed by atoms with Crippen LogP contribution in [0.15, 0.2) is 23.4 Å². The van der Waals surface area contributed by atoms with Crippen molar-refractivity contribution in [2.45, 2.75) is 24.5 Å². The summed E-state index contributed by atoms with van der Waals surface area (Å²) in [6.07, 6.45) is 1.55. The van der Waals surface area contributed by atoms with Gasteiger partial charge in [0.1, 0.15) is 0 Å². The predicted molar refractivity (Wildman–Crippen MR) is 106 cm³/mol. The summed E-state index contributed by atoms with van der Waals surface area (Å²) in [7, 11) is 1.65. The first-order valence-corrected chi connectivity index (χ1v) is 10.2. The first-order chi connectivity index (χ1) is 13.0. The lowest BCUT2D eigenvalue weighted by Gasteiger charge is -2.31. The van der Waals surface area contributed by atoms with Crippen molar-refractivity contribution in [1.82, 2.24) is 14.5 Å². The maximum atomic E-state index is 12.6. The van der Waals surface area contributed by atoms with E-state index in [1.165, 1.54) is 11.8 Å². The maximum Gasteiger partial charge on any atom is 0.233 e. The number of piperidine rings is 1. The van der Waals surface area contributed by atoms with Crippen LogP contribution in [0.25, 0.3) is 11.0 Å². The van der Waals surface area contributed by atoms with Gasteiger partial charge in [-0.1, -0.05) is 23.4 Å². The molecule has 2 N–H and O–H groups in total. The predicted octanol–water partition coefficient (Wildman–Crippen LogP) is 2.15. The fourth-order valence-electron chi connectivity index (χ4n) is 3.24. The quantitative estimate of drug-likeness (QED) is 0.706. The van der Waals surface area contributed by atoms with Gasteiger partial charge in [-0.2, -0.15) is 0 Å². The van der Waals surface area contributed by atoms with Gasteiger partial charge in [-0.3, -0.25) is 9.59 Å². The Labute approximate surface area is 167 Å². The highest BCUT2D eigenvalue weighted by Gasteiger charge is 2.27. The molecule has 1 aromatic carbocycles. The van der Waals surface area contributed by atoms with Crippen LogP contribution in [0.3, 0.4) is 0 Å². The van der Waals surface area contributed by atoms with Gasteiger partial charge in [0.25, 0.3) is 0 Å². The fourth-order valence-corrected chi connectivity index (χ4v) is 4.35. The van der Waals surface area contributed by atoms with E-state index in [1.54, 1.807) is 12.0 Å². The molecule has 1 unspecified atom stereocenters. The molecule has 27 heavy (non-hydrogen) atoms. The number of halogens is 1. The highest BCUT2D eigenvalue weighted by atomic mass is 35.5. The zero-order chi connectivity index (χ0) is 19.4. The number of nitrogens with zero attached hydrogens (tertiary/aromatic N) is 3. The van der Waals surface area contributed by atoms with Crippen LogP contribution < -0.4 is 5.73 Å². The molecule has 0 aliphatic carbocycles. The molecule has 146 valence electrons. The minimum Gasteiger partial charge on any atom is -0.383 e. The van der Waals surface area contributed by atoms with Crippen molar-refractivity contribution in [3.63, 3.8) is 0 Å². The van der Waals surface area contributed by atoms with Crippen molar-refractivity contribution < 1.29 is 14.3 Å². The van der Waals surface area contributed by atoms with Crippen LogP contribution in [0.5, 0.6) is 0 Å². The van der Waals surface area contributed by atoms with Gasteiger partial charge in [0.2, 0.25) is 11.8 Å². The summed E-state index contributed by atoms with van der Waals surface area (Å²) in [5.41, 5.74) is 7.15. The van der Waals surface area contributed by atoms with E-state index in [0.717, 1.165) is 29.0 Å². The number of nitrogens with two attached hydrogens (primary N) is 1. The average Bonchev–Trinajstić information content (AvgIpc) is 3.00. The summed E-state index contributed by atoms with van der Waals surface area (Å²) >= 11 is 7.46. The third-order valence-electron chi connectivity index (χ3n) is 4.70. The molecular formula is C18H23ClN4O3S. The number of aromatic nitrogens is 2. The molecule has 0 saturated carbocycles.